The number of pyridine rings is 1. The third kappa shape index (κ3) is 2.41. The van der Waals surface area contributed by atoms with Gasteiger partial charge in [0.1, 0.15) is 12.4 Å². The van der Waals surface area contributed by atoms with Crippen LogP contribution in [0.15, 0.2) is 41.1 Å². The topological polar surface area (TPSA) is 61.3 Å². The molecule has 4 heteroatoms. The van der Waals surface area contributed by atoms with Gasteiger partial charge in [-0.15, -0.1) is 0 Å². The minimum absolute atomic E-state index is 0.0969. The summed E-state index contributed by atoms with van der Waals surface area (Å²) in [5.41, 5.74) is 6.72. The van der Waals surface area contributed by atoms with Crippen LogP contribution in [0, 0.1) is 0 Å². The summed E-state index contributed by atoms with van der Waals surface area (Å²) in [5.74, 6) is 1.33. The van der Waals surface area contributed by atoms with Crippen LogP contribution in [0.1, 0.15) is 24.3 Å². The molecule has 0 unspecified atom stereocenters. The van der Waals surface area contributed by atoms with Crippen LogP contribution in [0.2, 0.25) is 0 Å². The van der Waals surface area contributed by atoms with Crippen molar-refractivity contribution in [3.63, 3.8) is 0 Å². The van der Waals surface area contributed by atoms with Gasteiger partial charge in [0.2, 0.25) is 5.88 Å². The van der Waals surface area contributed by atoms with Crippen LogP contribution in [0.4, 0.5) is 0 Å². The van der Waals surface area contributed by atoms with Gasteiger partial charge in [0.15, 0.2) is 0 Å². The van der Waals surface area contributed by atoms with Gasteiger partial charge in [-0.2, -0.15) is 0 Å². The fourth-order valence-electron chi connectivity index (χ4n) is 1.40. The summed E-state index contributed by atoms with van der Waals surface area (Å²) >= 11 is 0. The molecule has 16 heavy (non-hydrogen) atoms. The summed E-state index contributed by atoms with van der Waals surface area (Å²) in [7, 11) is 0. The van der Waals surface area contributed by atoms with Gasteiger partial charge in [0, 0.05) is 17.8 Å². The Morgan fingerprint density at radius 3 is 3.00 bits per heavy atom. The Kier molecular flexibility index (Phi) is 3.22. The van der Waals surface area contributed by atoms with Gasteiger partial charge in [-0.25, -0.2) is 4.98 Å². The van der Waals surface area contributed by atoms with E-state index in [1.165, 1.54) is 0 Å². The quantitative estimate of drug-likeness (QED) is 0.855. The lowest BCUT2D eigenvalue weighted by atomic mass is 10.1. The van der Waals surface area contributed by atoms with Crippen LogP contribution in [0.25, 0.3) is 0 Å². The van der Waals surface area contributed by atoms with Gasteiger partial charge in [-0.3, -0.25) is 0 Å². The Balaban J connectivity index is 2.09. The number of ether oxygens (including phenoxy) is 1. The largest absolute Gasteiger partial charge is 0.469 e. The van der Waals surface area contributed by atoms with E-state index in [1.54, 1.807) is 12.5 Å². The SMILES string of the molecule is C[C@@H](N)c1cccnc1OCc1ccco1. The minimum Gasteiger partial charge on any atom is -0.469 e. The maximum atomic E-state index is 5.82. The summed E-state index contributed by atoms with van der Waals surface area (Å²) in [4.78, 5) is 4.16. The highest BCUT2D eigenvalue weighted by atomic mass is 16.5. The fourth-order valence-corrected chi connectivity index (χ4v) is 1.40. The Bertz CT molecular complexity index is 438. The lowest BCUT2D eigenvalue weighted by Gasteiger charge is -2.11. The van der Waals surface area contributed by atoms with Crippen LogP contribution < -0.4 is 10.5 Å². The van der Waals surface area contributed by atoms with E-state index in [1.807, 2.05) is 31.2 Å². The molecule has 0 spiro atoms. The number of nitrogens with two attached hydrogens (primary N) is 1. The second-order valence-electron chi connectivity index (χ2n) is 3.55. The first-order valence-corrected chi connectivity index (χ1v) is 5.13. The standard InChI is InChI=1S/C12H14N2O2/c1-9(13)11-5-2-6-14-12(11)16-8-10-4-3-7-15-10/h2-7,9H,8,13H2,1H3/t9-/m1/s1. The van der Waals surface area contributed by atoms with Gasteiger partial charge in [-0.1, -0.05) is 6.07 Å². The van der Waals surface area contributed by atoms with Crippen molar-refractivity contribution in [2.24, 2.45) is 5.73 Å². The van der Waals surface area contributed by atoms with Gasteiger partial charge in [0.05, 0.1) is 6.26 Å². The number of furan rings is 1. The fraction of sp³-hybridized carbons (Fsp3) is 0.250. The smallest absolute Gasteiger partial charge is 0.218 e. The van der Waals surface area contributed by atoms with E-state index in [0.717, 1.165) is 11.3 Å². The lowest BCUT2D eigenvalue weighted by molar-refractivity contribution is 0.257. The maximum absolute atomic E-state index is 5.82. The molecule has 84 valence electrons. The number of rotatable bonds is 4. The van der Waals surface area contributed by atoms with Crippen molar-refractivity contribution in [2.75, 3.05) is 0 Å². The summed E-state index contributed by atoms with van der Waals surface area (Å²) in [5, 5.41) is 0. The van der Waals surface area contributed by atoms with E-state index in [4.69, 9.17) is 14.9 Å². The van der Waals surface area contributed by atoms with Crippen LogP contribution in [0.5, 0.6) is 5.88 Å². The zero-order valence-corrected chi connectivity index (χ0v) is 9.09. The minimum atomic E-state index is -0.0969. The second-order valence-corrected chi connectivity index (χ2v) is 3.55. The zero-order chi connectivity index (χ0) is 11.4. The van der Waals surface area contributed by atoms with Gasteiger partial charge in [0.25, 0.3) is 0 Å². The average Bonchev–Trinajstić information content (AvgIpc) is 2.79. The molecule has 0 amide bonds. The number of hydrogen-bond acceptors (Lipinski definition) is 4. The molecule has 0 aromatic carbocycles. The lowest BCUT2D eigenvalue weighted by Crippen LogP contribution is -2.08. The summed E-state index contributed by atoms with van der Waals surface area (Å²) in [6, 6.07) is 7.34. The van der Waals surface area contributed by atoms with Gasteiger partial charge >= 0.3 is 0 Å². The van der Waals surface area contributed by atoms with E-state index in [0.29, 0.717) is 12.5 Å². The predicted octanol–water partition coefficient (Wildman–Crippen LogP) is 2.27. The van der Waals surface area contributed by atoms with Gasteiger partial charge in [-0.05, 0) is 25.1 Å². The van der Waals surface area contributed by atoms with E-state index in [2.05, 4.69) is 4.98 Å². The van der Waals surface area contributed by atoms with Crippen molar-refractivity contribution in [3.05, 3.63) is 48.0 Å². The zero-order valence-electron chi connectivity index (χ0n) is 9.09. The number of hydrogen-bond donors (Lipinski definition) is 1. The van der Waals surface area contributed by atoms with Crippen LogP contribution >= 0.6 is 0 Å². The maximum Gasteiger partial charge on any atom is 0.218 e. The first-order chi connectivity index (χ1) is 7.77. The molecule has 0 saturated carbocycles. The van der Waals surface area contributed by atoms with E-state index in [-0.39, 0.29) is 6.04 Å². The first kappa shape index (κ1) is 10.7. The summed E-state index contributed by atoms with van der Waals surface area (Å²) < 4.78 is 10.7. The summed E-state index contributed by atoms with van der Waals surface area (Å²) in [6.45, 7) is 2.26. The highest BCUT2D eigenvalue weighted by molar-refractivity contribution is 5.28. The van der Waals surface area contributed by atoms with Crippen molar-refractivity contribution in [3.8, 4) is 5.88 Å². The molecule has 0 fully saturated rings. The average molecular weight is 218 g/mol. The van der Waals surface area contributed by atoms with Crippen molar-refractivity contribution in [2.45, 2.75) is 19.6 Å². The molecule has 0 saturated heterocycles. The molecular weight excluding hydrogens is 204 g/mol. The molecule has 0 aliphatic rings. The normalized spacial score (nSPS) is 12.4. The molecule has 0 aliphatic carbocycles. The van der Waals surface area contributed by atoms with Crippen LogP contribution in [-0.2, 0) is 6.61 Å². The van der Waals surface area contributed by atoms with Crippen molar-refractivity contribution in [1.29, 1.82) is 0 Å². The van der Waals surface area contributed by atoms with Crippen LogP contribution in [-0.4, -0.2) is 4.98 Å². The highest BCUT2D eigenvalue weighted by Crippen LogP contribution is 2.21. The Labute approximate surface area is 94.1 Å². The molecule has 0 bridgehead atoms. The van der Waals surface area contributed by atoms with Crippen molar-refractivity contribution < 1.29 is 9.15 Å². The molecule has 2 heterocycles. The Morgan fingerprint density at radius 1 is 1.44 bits per heavy atom. The molecule has 2 aromatic heterocycles. The second kappa shape index (κ2) is 4.81. The first-order valence-electron chi connectivity index (χ1n) is 5.13. The number of nitrogens with zero attached hydrogens (tertiary/aromatic N) is 1. The third-order valence-electron chi connectivity index (χ3n) is 2.22. The van der Waals surface area contributed by atoms with E-state index < -0.39 is 0 Å². The predicted molar refractivity (Wildman–Crippen MR) is 59.9 cm³/mol. The molecule has 2 N–H and O–H groups in total. The molecule has 2 rings (SSSR count). The summed E-state index contributed by atoms with van der Waals surface area (Å²) in [6.07, 6.45) is 3.30. The van der Waals surface area contributed by atoms with Crippen molar-refractivity contribution >= 4 is 0 Å². The molecule has 2 aromatic rings. The monoisotopic (exact) mass is 218 g/mol. The third-order valence-corrected chi connectivity index (χ3v) is 2.22. The highest BCUT2D eigenvalue weighted by Gasteiger charge is 2.09. The number of aromatic nitrogens is 1. The Hall–Kier alpha value is -1.81. The molecule has 0 aliphatic heterocycles. The molecular formula is C12H14N2O2. The molecule has 1 atom stereocenters. The van der Waals surface area contributed by atoms with Gasteiger partial charge < -0.3 is 14.9 Å². The molecule has 0 radical (unpaired) electrons. The Morgan fingerprint density at radius 2 is 2.31 bits per heavy atom. The van der Waals surface area contributed by atoms with Crippen LogP contribution in [0.3, 0.4) is 0 Å². The van der Waals surface area contributed by atoms with E-state index in [9.17, 15) is 0 Å². The van der Waals surface area contributed by atoms with E-state index >= 15 is 0 Å². The molecule has 4 nitrogen and oxygen atoms in total. The van der Waals surface area contributed by atoms with Crippen molar-refractivity contribution in [1.82, 2.24) is 4.98 Å².